The average Bonchev–Trinajstić information content (AvgIpc) is 2.14. The number of nitrogens with two attached hydrogens (primary N) is 1. The third-order valence-electron chi connectivity index (χ3n) is 1.81. The lowest BCUT2D eigenvalue weighted by molar-refractivity contribution is 0.332. The fourth-order valence-corrected chi connectivity index (χ4v) is 1.23. The van der Waals surface area contributed by atoms with Crippen molar-refractivity contribution in [1.29, 1.82) is 0 Å². The fraction of sp³-hybridized carbons (Fsp3) is 1.00. The molecule has 2 atom stereocenters. The van der Waals surface area contributed by atoms with E-state index in [1.807, 2.05) is 0 Å². The molecule has 1 aliphatic carbocycles. The summed E-state index contributed by atoms with van der Waals surface area (Å²) in [5, 5.41) is 0. The van der Waals surface area contributed by atoms with Crippen molar-refractivity contribution in [3.05, 3.63) is 0 Å². The number of hydrogen-bond acceptors (Lipinski definition) is 1. The van der Waals surface area contributed by atoms with Crippen LogP contribution in [0.1, 0.15) is 19.3 Å². The van der Waals surface area contributed by atoms with Crippen LogP contribution in [0.5, 0.6) is 0 Å². The smallest absolute Gasteiger partial charge is 0.100 e. The van der Waals surface area contributed by atoms with Gasteiger partial charge in [-0.3, -0.25) is 0 Å². The molecule has 0 bridgehead atoms. The van der Waals surface area contributed by atoms with Crippen molar-refractivity contribution >= 4 is 0 Å². The van der Waals surface area contributed by atoms with Gasteiger partial charge in [0.15, 0.2) is 0 Å². The molecule has 0 aromatic rings. The maximum absolute atomic E-state index is 12.3. The van der Waals surface area contributed by atoms with Crippen LogP contribution < -0.4 is 5.73 Å². The van der Waals surface area contributed by atoms with E-state index in [0.29, 0.717) is 18.9 Å². The van der Waals surface area contributed by atoms with Crippen LogP contribution in [0.2, 0.25) is 0 Å². The molecule has 0 unspecified atom stereocenters. The maximum Gasteiger partial charge on any atom is 0.100 e. The quantitative estimate of drug-likeness (QED) is 0.546. The maximum atomic E-state index is 12.3. The van der Waals surface area contributed by atoms with Gasteiger partial charge in [0.1, 0.15) is 6.17 Å². The van der Waals surface area contributed by atoms with Crippen molar-refractivity contribution in [2.75, 3.05) is 6.54 Å². The van der Waals surface area contributed by atoms with Crippen molar-refractivity contribution < 1.29 is 4.39 Å². The molecule has 1 fully saturated rings. The van der Waals surface area contributed by atoms with E-state index in [2.05, 4.69) is 0 Å². The van der Waals surface area contributed by atoms with Crippen molar-refractivity contribution in [3.63, 3.8) is 0 Å². The van der Waals surface area contributed by atoms with Gasteiger partial charge < -0.3 is 5.73 Å². The Labute approximate surface area is 49.1 Å². The van der Waals surface area contributed by atoms with Gasteiger partial charge in [0, 0.05) is 0 Å². The average molecular weight is 117 g/mol. The second-order valence-corrected chi connectivity index (χ2v) is 2.51. The van der Waals surface area contributed by atoms with Crippen LogP contribution in [0, 0.1) is 5.92 Å². The highest BCUT2D eigenvalue weighted by atomic mass is 19.1. The summed E-state index contributed by atoms with van der Waals surface area (Å²) >= 11 is 0. The van der Waals surface area contributed by atoms with Crippen LogP contribution in [-0.2, 0) is 0 Å². The van der Waals surface area contributed by atoms with Gasteiger partial charge in [-0.05, 0) is 31.7 Å². The topological polar surface area (TPSA) is 26.0 Å². The molecule has 0 saturated heterocycles. The van der Waals surface area contributed by atoms with Crippen LogP contribution in [0.15, 0.2) is 0 Å². The molecule has 0 heterocycles. The van der Waals surface area contributed by atoms with Crippen molar-refractivity contribution in [2.45, 2.75) is 25.4 Å². The summed E-state index contributed by atoms with van der Waals surface area (Å²) in [5.41, 5.74) is 5.33. The normalized spacial score (nSPS) is 38.2. The highest BCUT2D eigenvalue weighted by molar-refractivity contribution is 4.74. The van der Waals surface area contributed by atoms with Crippen LogP contribution in [-0.4, -0.2) is 12.7 Å². The number of rotatable bonds is 1. The van der Waals surface area contributed by atoms with Crippen LogP contribution in [0.25, 0.3) is 0 Å². The summed E-state index contributed by atoms with van der Waals surface area (Å²) in [4.78, 5) is 0. The fourth-order valence-electron chi connectivity index (χ4n) is 1.23. The molecule has 1 aliphatic rings. The van der Waals surface area contributed by atoms with E-state index in [1.165, 1.54) is 0 Å². The van der Waals surface area contributed by atoms with Gasteiger partial charge in [0.25, 0.3) is 0 Å². The summed E-state index contributed by atoms with van der Waals surface area (Å²) < 4.78 is 12.3. The number of halogens is 1. The summed E-state index contributed by atoms with van der Waals surface area (Å²) in [6.45, 7) is 0.667. The first kappa shape index (κ1) is 6.02. The summed E-state index contributed by atoms with van der Waals surface area (Å²) in [5.74, 6) is 0.477. The second-order valence-electron chi connectivity index (χ2n) is 2.51. The molecule has 2 N–H and O–H groups in total. The van der Waals surface area contributed by atoms with Gasteiger partial charge in [0.2, 0.25) is 0 Å². The lowest BCUT2D eigenvalue weighted by atomic mass is 10.1. The standard InChI is InChI=1S/C6H12FN/c7-6-2-1-5(3-6)4-8/h5-6H,1-4,8H2/t5-,6-/m0/s1. The lowest BCUT2D eigenvalue weighted by Crippen LogP contribution is -2.10. The van der Waals surface area contributed by atoms with E-state index in [9.17, 15) is 4.39 Å². The highest BCUT2D eigenvalue weighted by Crippen LogP contribution is 2.26. The van der Waals surface area contributed by atoms with Crippen LogP contribution >= 0.6 is 0 Å². The Balaban J connectivity index is 2.22. The molecule has 0 aromatic heterocycles. The third kappa shape index (κ3) is 1.19. The molecule has 0 aliphatic heterocycles. The molecule has 0 amide bonds. The Morgan fingerprint density at radius 1 is 1.50 bits per heavy atom. The predicted molar refractivity (Wildman–Crippen MR) is 31.3 cm³/mol. The first-order valence-electron chi connectivity index (χ1n) is 3.17. The monoisotopic (exact) mass is 117 g/mol. The molecule has 0 aromatic carbocycles. The Hall–Kier alpha value is -0.110. The van der Waals surface area contributed by atoms with Gasteiger partial charge in [-0.2, -0.15) is 0 Å². The molecule has 0 radical (unpaired) electrons. The molecular weight excluding hydrogens is 105 g/mol. The largest absolute Gasteiger partial charge is 0.330 e. The Morgan fingerprint density at radius 2 is 2.25 bits per heavy atom. The number of hydrogen-bond donors (Lipinski definition) is 1. The SMILES string of the molecule is NC[C@H]1CC[C@H](F)C1. The summed E-state index contributed by atoms with van der Waals surface area (Å²) in [6.07, 6.45) is 1.89. The predicted octanol–water partition coefficient (Wildman–Crippen LogP) is 1.08. The Morgan fingerprint density at radius 3 is 2.50 bits per heavy atom. The highest BCUT2D eigenvalue weighted by Gasteiger charge is 2.22. The molecule has 2 heteroatoms. The molecule has 0 spiro atoms. The van der Waals surface area contributed by atoms with E-state index < -0.39 is 6.17 Å². The van der Waals surface area contributed by atoms with Gasteiger partial charge in [0.05, 0.1) is 0 Å². The third-order valence-corrected chi connectivity index (χ3v) is 1.81. The number of alkyl halides is 1. The first-order valence-corrected chi connectivity index (χ1v) is 3.17. The van der Waals surface area contributed by atoms with E-state index in [-0.39, 0.29) is 0 Å². The molecule has 1 rings (SSSR count). The minimum absolute atomic E-state index is 0.477. The van der Waals surface area contributed by atoms with Crippen LogP contribution in [0.4, 0.5) is 4.39 Å². The zero-order chi connectivity index (χ0) is 5.98. The zero-order valence-corrected chi connectivity index (χ0v) is 4.94. The Bertz CT molecular complexity index is 74.9. The van der Waals surface area contributed by atoms with Gasteiger partial charge in [-0.15, -0.1) is 0 Å². The second kappa shape index (κ2) is 2.44. The molecule has 8 heavy (non-hydrogen) atoms. The zero-order valence-electron chi connectivity index (χ0n) is 4.94. The molecule has 48 valence electrons. The summed E-state index contributed by atoms with van der Waals surface area (Å²) in [7, 11) is 0. The Kier molecular flexibility index (Phi) is 1.84. The first-order chi connectivity index (χ1) is 3.83. The van der Waals surface area contributed by atoms with E-state index in [1.54, 1.807) is 0 Å². The van der Waals surface area contributed by atoms with E-state index >= 15 is 0 Å². The minimum atomic E-state index is -0.552. The van der Waals surface area contributed by atoms with Crippen molar-refractivity contribution in [2.24, 2.45) is 11.7 Å². The van der Waals surface area contributed by atoms with Gasteiger partial charge in [-0.25, -0.2) is 4.39 Å². The van der Waals surface area contributed by atoms with Crippen molar-refractivity contribution in [1.82, 2.24) is 0 Å². The van der Waals surface area contributed by atoms with E-state index in [0.717, 1.165) is 12.8 Å². The summed E-state index contributed by atoms with van der Waals surface area (Å²) in [6, 6.07) is 0. The minimum Gasteiger partial charge on any atom is -0.330 e. The molecule has 1 nitrogen and oxygen atoms in total. The van der Waals surface area contributed by atoms with Gasteiger partial charge in [-0.1, -0.05) is 0 Å². The molecular formula is C6H12FN. The van der Waals surface area contributed by atoms with Crippen molar-refractivity contribution in [3.8, 4) is 0 Å². The van der Waals surface area contributed by atoms with Crippen LogP contribution in [0.3, 0.4) is 0 Å². The molecule has 1 saturated carbocycles. The van der Waals surface area contributed by atoms with E-state index in [4.69, 9.17) is 5.73 Å². The lowest BCUT2D eigenvalue weighted by Gasteiger charge is -2.00. The van der Waals surface area contributed by atoms with Gasteiger partial charge >= 0.3 is 0 Å².